The summed E-state index contributed by atoms with van der Waals surface area (Å²) in [6, 6.07) is 17.9. The summed E-state index contributed by atoms with van der Waals surface area (Å²) in [6.07, 6.45) is 1.95. The van der Waals surface area contributed by atoms with E-state index >= 15 is 0 Å². The SMILES string of the molecule is CC[N+](CCCC(=O)OC)(CCCN(C(N)=O)c1ccc(Br)cc1)[C@@H](C)c1ccccc1. The Kier molecular flexibility index (Phi) is 10.2. The van der Waals surface area contributed by atoms with Crippen molar-refractivity contribution >= 4 is 33.6 Å². The molecule has 2 atom stereocenters. The number of primary amides is 1. The molecular formula is C25H35BrN3O3+. The zero-order chi connectivity index (χ0) is 23.6. The van der Waals surface area contributed by atoms with Gasteiger partial charge in [-0.3, -0.25) is 9.69 Å². The van der Waals surface area contributed by atoms with Crippen LogP contribution in [-0.2, 0) is 9.53 Å². The second-order valence-corrected chi connectivity index (χ2v) is 8.98. The number of carbonyl (C=O) groups is 2. The first-order chi connectivity index (χ1) is 15.3. The molecule has 2 aromatic carbocycles. The van der Waals surface area contributed by atoms with Crippen LogP contribution in [0.1, 0.15) is 44.7 Å². The predicted molar refractivity (Wildman–Crippen MR) is 132 cm³/mol. The number of esters is 1. The van der Waals surface area contributed by atoms with Crippen LogP contribution in [0.3, 0.4) is 0 Å². The van der Waals surface area contributed by atoms with E-state index in [0.717, 1.165) is 47.1 Å². The Bertz CT molecular complexity index is 860. The summed E-state index contributed by atoms with van der Waals surface area (Å²) < 4.78 is 6.61. The molecule has 0 bridgehead atoms. The minimum atomic E-state index is -0.455. The van der Waals surface area contributed by atoms with Crippen LogP contribution in [0.15, 0.2) is 59.1 Å². The molecule has 0 saturated heterocycles. The topological polar surface area (TPSA) is 72.6 Å². The maximum Gasteiger partial charge on any atom is 0.319 e. The van der Waals surface area contributed by atoms with Gasteiger partial charge in [0, 0.05) is 35.1 Å². The van der Waals surface area contributed by atoms with Crippen LogP contribution < -0.4 is 10.6 Å². The van der Waals surface area contributed by atoms with E-state index in [1.807, 2.05) is 30.3 Å². The van der Waals surface area contributed by atoms with E-state index in [0.29, 0.717) is 13.0 Å². The number of quaternary nitrogens is 1. The number of rotatable bonds is 12. The standard InChI is InChI=1S/C25H34BrN3O3/c1-4-29(18-8-12-24(30)32-3,20(2)21-10-6-5-7-11-21)19-9-17-28(25(27)31)23-15-13-22(26)14-16-23/h5-7,10-11,13-16,20H,4,8-9,12,17-19H2,1-3H3,(H-,27,31)/p+1/t20-,29?/m0/s1. The van der Waals surface area contributed by atoms with Gasteiger partial charge in [0.2, 0.25) is 0 Å². The third-order valence-corrected chi connectivity index (χ3v) is 6.86. The second kappa shape index (κ2) is 12.6. The molecule has 2 rings (SSSR count). The van der Waals surface area contributed by atoms with Crippen molar-refractivity contribution in [1.82, 2.24) is 0 Å². The first kappa shape index (κ1) is 25.9. The highest BCUT2D eigenvalue weighted by molar-refractivity contribution is 9.10. The van der Waals surface area contributed by atoms with Crippen LogP contribution in [0.5, 0.6) is 0 Å². The smallest absolute Gasteiger partial charge is 0.319 e. The molecule has 6 nitrogen and oxygen atoms in total. The molecule has 0 fully saturated rings. The molecule has 1 unspecified atom stereocenters. The van der Waals surface area contributed by atoms with Gasteiger partial charge in [-0.1, -0.05) is 46.3 Å². The number of amides is 2. The number of benzene rings is 2. The van der Waals surface area contributed by atoms with Gasteiger partial charge in [0.05, 0.1) is 33.2 Å². The third-order valence-electron chi connectivity index (χ3n) is 6.33. The van der Waals surface area contributed by atoms with Crippen LogP contribution in [0.4, 0.5) is 10.5 Å². The van der Waals surface area contributed by atoms with Gasteiger partial charge in [-0.2, -0.15) is 0 Å². The van der Waals surface area contributed by atoms with Gasteiger partial charge in [0.15, 0.2) is 0 Å². The van der Waals surface area contributed by atoms with Gasteiger partial charge < -0.3 is 15.0 Å². The molecule has 2 amide bonds. The van der Waals surface area contributed by atoms with Crippen molar-refractivity contribution in [2.24, 2.45) is 5.73 Å². The highest BCUT2D eigenvalue weighted by atomic mass is 79.9. The van der Waals surface area contributed by atoms with Crippen molar-refractivity contribution < 1.29 is 18.8 Å². The van der Waals surface area contributed by atoms with Gasteiger partial charge in [0.1, 0.15) is 6.04 Å². The third kappa shape index (κ3) is 7.07. The number of hydrogen-bond acceptors (Lipinski definition) is 3. The molecule has 0 heterocycles. The van der Waals surface area contributed by atoms with Crippen LogP contribution in [0.25, 0.3) is 0 Å². The number of nitrogens with zero attached hydrogens (tertiary/aromatic N) is 2. The summed E-state index contributed by atoms with van der Waals surface area (Å²) in [7, 11) is 1.43. The molecule has 0 radical (unpaired) electrons. The van der Waals surface area contributed by atoms with Crippen molar-refractivity contribution in [3.8, 4) is 0 Å². The van der Waals surface area contributed by atoms with Crippen molar-refractivity contribution in [2.45, 2.75) is 39.2 Å². The predicted octanol–water partition coefficient (Wildman–Crippen LogP) is 5.28. The van der Waals surface area contributed by atoms with Gasteiger partial charge in [-0.05, 0) is 38.1 Å². The number of carbonyl (C=O) groups excluding carboxylic acids is 2. The molecule has 0 aliphatic carbocycles. The molecule has 32 heavy (non-hydrogen) atoms. The quantitative estimate of drug-likeness (QED) is 0.315. The summed E-state index contributed by atoms with van der Waals surface area (Å²) in [5.41, 5.74) is 7.75. The lowest BCUT2D eigenvalue weighted by Gasteiger charge is -2.44. The molecule has 0 aromatic heterocycles. The van der Waals surface area contributed by atoms with E-state index in [4.69, 9.17) is 10.5 Å². The molecule has 0 saturated carbocycles. The van der Waals surface area contributed by atoms with Crippen molar-refractivity contribution in [3.63, 3.8) is 0 Å². The number of hydrogen-bond donors (Lipinski definition) is 1. The number of nitrogens with two attached hydrogens (primary N) is 1. The summed E-state index contributed by atoms with van der Waals surface area (Å²) in [6.45, 7) is 7.63. The Balaban J connectivity index is 2.17. The lowest BCUT2D eigenvalue weighted by Crippen LogP contribution is -2.52. The van der Waals surface area contributed by atoms with Crippen LogP contribution in [0, 0.1) is 0 Å². The van der Waals surface area contributed by atoms with Crippen molar-refractivity contribution in [1.29, 1.82) is 0 Å². The average Bonchev–Trinajstić information content (AvgIpc) is 2.81. The van der Waals surface area contributed by atoms with Crippen molar-refractivity contribution in [3.05, 3.63) is 64.6 Å². The minimum Gasteiger partial charge on any atom is -0.469 e. The number of halogens is 1. The van der Waals surface area contributed by atoms with Crippen LogP contribution in [-0.4, -0.2) is 49.8 Å². The van der Waals surface area contributed by atoms with E-state index in [1.165, 1.54) is 12.7 Å². The molecule has 0 spiro atoms. The fourth-order valence-electron chi connectivity index (χ4n) is 4.31. The van der Waals surface area contributed by atoms with Gasteiger partial charge in [-0.15, -0.1) is 0 Å². The van der Waals surface area contributed by atoms with Crippen LogP contribution >= 0.6 is 15.9 Å². The fourth-order valence-corrected chi connectivity index (χ4v) is 4.57. The molecule has 2 aromatic rings. The molecule has 2 N–H and O–H groups in total. The van der Waals surface area contributed by atoms with E-state index < -0.39 is 6.03 Å². The zero-order valence-electron chi connectivity index (χ0n) is 19.3. The summed E-state index contributed by atoms with van der Waals surface area (Å²) >= 11 is 3.43. The Hall–Kier alpha value is -2.38. The Morgan fingerprint density at radius 3 is 2.25 bits per heavy atom. The summed E-state index contributed by atoms with van der Waals surface area (Å²) in [4.78, 5) is 25.4. The molecular weight excluding hydrogens is 470 g/mol. The largest absolute Gasteiger partial charge is 0.469 e. The first-order valence-corrected chi connectivity index (χ1v) is 11.9. The zero-order valence-corrected chi connectivity index (χ0v) is 20.9. The molecule has 0 aliphatic rings. The second-order valence-electron chi connectivity index (χ2n) is 8.07. The number of methoxy groups -OCH3 is 1. The summed E-state index contributed by atoms with van der Waals surface area (Å²) in [5, 5.41) is 0. The fraction of sp³-hybridized carbons (Fsp3) is 0.440. The molecule has 7 heteroatoms. The minimum absolute atomic E-state index is 0.179. The monoisotopic (exact) mass is 504 g/mol. The summed E-state index contributed by atoms with van der Waals surface area (Å²) in [5.74, 6) is -0.179. The number of anilines is 1. The average molecular weight is 505 g/mol. The van der Waals surface area contributed by atoms with Gasteiger partial charge in [-0.25, -0.2) is 4.79 Å². The Labute approximate surface area is 200 Å². The maximum absolute atomic E-state index is 12.1. The van der Waals surface area contributed by atoms with E-state index in [1.54, 1.807) is 4.90 Å². The first-order valence-electron chi connectivity index (χ1n) is 11.1. The number of urea groups is 1. The lowest BCUT2D eigenvalue weighted by atomic mass is 10.0. The van der Waals surface area contributed by atoms with Crippen LogP contribution in [0.2, 0.25) is 0 Å². The van der Waals surface area contributed by atoms with Crippen molar-refractivity contribution in [2.75, 3.05) is 38.2 Å². The Morgan fingerprint density at radius 1 is 1.06 bits per heavy atom. The number of ether oxygens (including phenoxy) is 1. The lowest BCUT2D eigenvalue weighted by molar-refractivity contribution is -0.954. The van der Waals surface area contributed by atoms with E-state index in [2.05, 4.69) is 54.0 Å². The Morgan fingerprint density at radius 2 is 1.69 bits per heavy atom. The van der Waals surface area contributed by atoms with E-state index in [9.17, 15) is 9.59 Å². The van der Waals surface area contributed by atoms with Gasteiger partial charge >= 0.3 is 12.0 Å². The normalized spacial score (nSPS) is 13.8. The van der Waals surface area contributed by atoms with E-state index in [-0.39, 0.29) is 12.0 Å². The molecule has 0 aliphatic heterocycles. The highest BCUT2D eigenvalue weighted by Crippen LogP contribution is 2.30. The molecule has 174 valence electrons. The van der Waals surface area contributed by atoms with Gasteiger partial charge in [0.25, 0.3) is 0 Å². The highest BCUT2D eigenvalue weighted by Gasteiger charge is 2.33. The maximum atomic E-state index is 12.1.